The van der Waals surface area contributed by atoms with Gasteiger partial charge in [0.15, 0.2) is 0 Å². The van der Waals surface area contributed by atoms with Gasteiger partial charge >= 0.3 is 5.97 Å². The van der Waals surface area contributed by atoms with Crippen molar-refractivity contribution in [1.82, 2.24) is 0 Å². The van der Waals surface area contributed by atoms with Crippen LogP contribution in [0.2, 0.25) is 20.1 Å². The summed E-state index contributed by atoms with van der Waals surface area (Å²) < 4.78 is 10.4. The van der Waals surface area contributed by atoms with Gasteiger partial charge in [-0.05, 0) is 30.3 Å². The van der Waals surface area contributed by atoms with Crippen molar-refractivity contribution >= 4 is 87.3 Å². The van der Waals surface area contributed by atoms with Crippen LogP contribution in [0.4, 0.5) is 11.4 Å². The first kappa shape index (κ1) is 28.7. The first-order valence-electron chi connectivity index (χ1n) is 10.2. The standard InChI is InChI=1S/C24H18Cl4N2O6S/c1-35-12-6-7-15(36-2)14(9-12)30-16(31)10-37-13-5-3-4-11(8-13)29-23(32)17-18(24(33)34)20(26)22(28)21(27)19(17)25/h3-9H,10H2,1-2H3,(H,29,32)(H,30,31)(H,33,34). The van der Waals surface area contributed by atoms with Crippen LogP contribution in [0, 0.1) is 0 Å². The molecule has 0 radical (unpaired) electrons. The van der Waals surface area contributed by atoms with E-state index in [1.165, 1.54) is 26.0 Å². The van der Waals surface area contributed by atoms with Crippen LogP contribution in [0.15, 0.2) is 47.4 Å². The predicted octanol–water partition coefficient (Wildman–Crippen LogP) is 7.00. The number of benzene rings is 3. The van der Waals surface area contributed by atoms with Crippen molar-refractivity contribution in [3.05, 3.63) is 73.7 Å². The van der Waals surface area contributed by atoms with Crippen molar-refractivity contribution in [3.63, 3.8) is 0 Å². The smallest absolute Gasteiger partial charge is 0.338 e. The second-order valence-corrected chi connectivity index (χ2v) is 9.76. The van der Waals surface area contributed by atoms with E-state index < -0.39 is 28.0 Å². The predicted molar refractivity (Wildman–Crippen MR) is 147 cm³/mol. The highest BCUT2D eigenvalue weighted by Crippen LogP contribution is 2.42. The van der Waals surface area contributed by atoms with Gasteiger partial charge in [0.25, 0.3) is 5.91 Å². The van der Waals surface area contributed by atoms with Crippen molar-refractivity contribution < 1.29 is 29.0 Å². The molecule has 0 saturated carbocycles. The van der Waals surface area contributed by atoms with Crippen molar-refractivity contribution in [2.24, 2.45) is 0 Å². The lowest BCUT2D eigenvalue weighted by Crippen LogP contribution is -2.18. The molecule has 0 aliphatic rings. The molecule has 0 aromatic heterocycles. The van der Waals surface area contributed by atoms with Crippen LogP contribution < -0.4 is 20.1 Å². The lowest BCUT2D eigenvalue weighted by Gasteiger charge is -2.14. The molecular formula is C24H18Cl4N2O6S. The van der Waals surface area contributed by atoms with E-state index >= 15 is 0 Å². The number of carbonyl (C=O) groups excluding carboxylic acids is 2. The summed E-state index contributed by atoms with van der Waals surface area (Å²) in [7, 11) is 3.01. The maximum Gasteiger partial charge on any atom is 0.338 e. The molecule has 0 unspecified atom stereocenters. The van der Waals surface area contributed by atoms with Crippen molar-refractivity contribution in [2.45, 2.75) is 4.90 Å². The number of nitrogens with one attached hydrogen (secondary N) is 2. The van der Waals surface area contributed by atoms with Crippen LogP contribution in [-0.4, -0.2) is 42.9 Å². The van der Waals surface area contributed by atoms with Crippen LogP contribution in [0.1, 0.15) is 20.7 Å². The maximum absolute atomic E-state index is 13.0. The number of hydrogen-bond acceptors (Lipinski definition) is 6. The fourth-order valence-corrected chi connectivity index (χ4v) is 4.92. The number of amides is 2. The molecule has 0 bridgehead atoms. The summed E-state index contributed by atoms with van der Waals surface area (Å²) in [5, 5.41) is 13.6. The number of anilines is 2. The molecule has 8 nitrogen and oxygen atoms in total. The summed E-state index contributed by atoms with van der Waals surface area (Å²) in [6.07, 6.45) is 0. The topological polar surface area (TPSA) is 114 Å². The Kier molecular flexibility index (Phi) is 9.80. The van der Waals surface area contributed by atoms with E-state index in [-0.39, 0.29) is 26.7 Å². The molecule has 37 heavy (non-hydrogen) atoms. The third-order valence-electron chi connectivity index (χ3n) is 4.85. The van der Waals surface area contributed by atoms with Crippen molar-refractivity contribution in [3.8, 4) is 11.5 Å². The fourth-order valence-electron chi connectivity index (χ4n) is 3.15. The molecule has 2 amide bonds. The largest absolute Gasteiger partial charge is 0.497 e. The average Bonchev–Trinajstić information content (AvgIpc) is 2.88. The van der Waals surface area contributed by atoms with E-state index in [4.69, 9.17) is 55.9 Å². The molecule has 194 valence electrons. The Hall–Kier alpha value is -2.82. The second-order valence-electron chi connectivity index (χ2n) is 7.20. The SMILES string of the molecule is COc1ccc(OC)c(NC(=O)CSc2cccc(NC(=O)c3c(Cl)c(Cl)c(Cl)c(Cl)c3C(=O)O)c2)c1. The Morgan fingerprint density at radius 1 is 0.865 bits per heavy atom. The molecule has 0 saturated heterocycles. The first-order chi connectivity index (χ1) is 17.6. The number of carbonyl (C=O) groups is 3. The van der Waals surface area contributed by atoms with Crippen LogP contribution in [-0.2, 0) is 4.79 Å². The number of ether oxygens (including phenoxy) is 2. The van der Waals surface area contributed by atoms with Crippen molar-refractivity contribution in [1.29, 1.82) is 0 Å². The van der Waals surface area contributed by atoms with Crippen molar-refractivity contribution in [2.75, 3.05) is 30.6 Å². The van der Waals surface area contributed by atoms with E-state index in [1.54, 1.807) is 42.5 Å². The van der Waals surface area contributed by atoms with Crippen LogP contribution in [0.3, 0.4) is 0 Å². The lowest BCUT2D eigenvalue weighted by atomic mass is 10.1. The summed E-state index contributed by atoms with van der Waals surface area (Å²) in [5.74, 6) is -1.57. The highest BCUT2D eigenvalue weighted by molar-refractivity contribution is 8.00. The van der Waals surface area contributed by atoms with Gasteiger partial charge in [-0.25, -0.2) is 4.79 Å². The Balaban J connectivity index is 1.74. The minimum absolute atomic E-state index is 0.0507. The molecule has 0 aliphatic carbocycles. The Labute approximate surface area is 236 Å². The quantitative estimate of drug-likeness (QED) is 0.137. The van der Waals surface area contributed by atoms with Crippen LogP contribution in [0.5, 0.6) is 11.5 Å². The third kappa shape index (κ3) is 6.74. The van der Waals surface area contributed by atoms with E-state index in [0.717, 1.165) is 0 Å². The zero-order valence-electron chi connectivity index (χ0n) is 19.2. The fraction of sp³-hybridized carbons (Fsp3) is 0.125. The first-order valence-corrected chi connectivity index (χ1v) is 12.7. The van der Waals surface area contributed by atoms with Gasteiger partial charge in [-0.3, -0.25) is 9.59 Å². The average molecular weight is 604 g/mol. The zero-order valence-corrected chi connectivity index (χ0v) is 23.0. The van der Waals surface area contributed by atoms with Gasteiger partial charge in [-0.15, -0.1) is 11.8 Å². The molecule has 0 spiro atoms. The number of thioether (sulfide) groups is 1. The van der Waals surface area contributed by atoms with Gasteiger partial charge < -0.3 is 25.2 Å². The van der Waals surface area contributed by atoms with E-state index in [2.05, 4.69) is 10.6 Å². The molecule has 3 N–H and O–H groups in total. The number of hydrogen-bond donors (Lipinski definition) is 3. The maximum atomic E-state index is 13.0. The number of rotatable bonds is 9. The molecule has 3 aromatic rings. The summed E-state index contributed by atoms with van der Waals surface area (Å²) >= 11 is 25.3. The summed E-state index contributed by atoms with van der Waals surface area (Å²) in [5.41, 5.74) is -0.230. The minimum Gasteiger partial charge on any atom is -0.497 e. The number of aromatic carboxylic acids is 1. The number of carboxylic acids is 1. The molecule has 0 fully saturated rings. The summed E-state index contributed by atoms with van der Waals surface area (Å²) in [6.45, 7) is 0. The summed E-state index contributed by atoms with van der Waals surface area (Å²) in [6, 6.07) is 11.6. The van der Waals surface area contributed by atoms with E-state index in [0.29, 0.717) is 27.8 Å². The molecule has 0 aliphatic heterocycles. The number of halogens is 4. The van der Waals surface area contributed by atoms with Gasteiger partial charge in [0.1, 0.15) is 11.5 Å². The Bertz CT molecular complexity index is 1390. The molecule has 3 rings (SSSR count). The molecule has 13 heteroatoms. The van der Waals surface area contributed by atoms with Crippen LogP contribution >= 0.6 is 58.2 Å². The number of carboxylic acid groups (broad SMARTS) is 1. The summed E-state index contributed by atoms with van der Waals surface area (Å²) in [4.78, 5) is 37.9. The lowest BCUT2D eigenvalue weighted by molar-refractivity contribution is -0.113. The van der Waals surface area contributed by atoms with E-state index in [9.17, 15) is 19.5 Å². The molecule has 0 heterocycles. The van der Waals surface area contributed by atoms with Crippen LogP contribution in [0.25, 0.3) is 0 Å². The van der Waals surface area contributed by atoms with Gasteiger partial charge in [0.2, 0.25) is 5.91 Å². The monoisotopic (exact) mass is 602 g/mol. The number of methoxy groups -OCH3 is 2. The third-order valence-corrected chi connectivity index (χ3v) is 7.65. The van der Waals surface area contributed by atoms with Gasteiger partial charge in [-0.1, -0.05) is 52.5 Å². The molecular weight excluding hydrogens is 586 g/mol. The second kappa shape index (κ2) is 12.6. The van der Waals surface area contributed by atoms with Gasteiger partial charge in [0.05, 0.1) is 56.9 Å². The molecule has 3 aromatic carbocycles. The normalized spacial score (nSPS) is 10.5. The van der Waals surface area contributed by atoms with E-state index in [1.807, 2.05) is 0 Å². The highest BCUT2D eigenvalue weighted by Gasteiger charge is 2.29. The zero-order chi connectivity index (χ0) is 27.3. The Morgan fingerprint density at radius 3 is 2.16 bits per heavy atom. The Morgan fingerprint density at radius 2 is 1.54 bits per heavy atom. The highest BCUT2D eigenvalue weighted by atomic mass is 35.5. The van der Waals surface area contributed by atoms with Gasteiger partial charge in [-0.2, -0.15) is 0 Å². The minimum atomic E-state index is -1.50. The van der Waals surface area contributed by atoms with Gasteiger partial charge in [0, 0.05) is 16.6 Å². The molecule has 0 atom stereocenters.